The Labute approximate surface area is 132 Å². The van der Waals surface area contributed by atoms with Crippen LogP contribution in [0.15, 0.2) is 11.2 Å². The van der Waals surface area contributed by atoms with Crippen molar-refractivity contribution >= 4 is 22.4 Å². The summed E-state index contributed by atoms with van der Waals surface area (Å²) in [5, 5.41) is 3.69. The first-order chi connectivity index (χ1) is 9.50. The number of hydrogen-bond donors (Lipinski definition) is 1. The molecule has 3 rings (SSSR count). The van der Waals surface area contributed by atoms with Gasteiger partial charge in [-0.15, -0.1) is 12.4 Å². The van der Waals surface area contributed by atoms with Crippen LogP contribution in [-0.4, -0.2) is 47.4 Å². The van der Waals surface area contributed by atoms with Crippen molar-refractivity contribution < 1.29 is 8.42 Å². The highest BCUT2D eigenvalue weighted by Crippen LogP contribution is 2.24. The summed E-state index contributed by atoms with van der Waals surface area (Å²) in [6, 6.07) is 0.779. The first-order valence-corrected chi connectivity index (χ1v) is 8.74. The summed E-state index contributed by atoms with van der Waals surface area (Å²) in [6.45, 7) is 5.72. The minimum Gasteiger partial charge on any atom is -0.334 e. The van der Waals surface area contributed by atoms with Crippen LogP contribution >= 0.6 is 12.4 Å². The van der Waals surface area contributed by atoms with E-state index in [9.17, 15) is 8.42 Å². The number of nitrogens with zero attached hydrogens (tertiary/aromatic N) is 3. The van der Waals surface area contributed by atoms with Gasteiger partial charge in [-0.1, -0.05) is 0 Å². The van der Waals surface area contributed by atoms with Crippen molar-refractivity contribution in [2.24, 2.45) is 0 Å². The van der Waals surface area contributed by atoms with Crippen molar-refractivity contribution in [1.82, 2.24) is 19.2 Å². The summed E-state index contributed by atoms with van der Waals surface area (Å²) >= 11 is 0. The lowest BCUT2D eigenvalue weighted by Crippen LogP contribution is -2.39. The van der Waals surface area contributed by atoms with Gasteiger partial charge >= 0.3 is 0 Å². The molecule has 2 unspecified atom stereocenters. The second-order valence-electron chi connectivity index (χ2n) is 5.70. The molecule has 2 bridgehead atoms. The molecule has 0 radical (unpaired) electrons. The number of rotatable bonds is 3. The van der Waals surface area contributed by atoms with Gasteiger partial charge in [-0.05, 0) is 33.1 Å². The third-order valence-corrected chi connectivity index (χ3v) is 6.12. The Morgan fingerprint density at radius 3 is 2.71 bits per heavy atom. The van der Waals surface area contributed by atoms with Gasteiger partial charge in [0.05, 0.1) is 0 Å². The summed E-state index contributed by atoms with van der Waals surface area (Å²) in [6.07, 6.45) is 4.78. The van der Waals surface area contributed by atoms with Gasteiger partial charge in [0, 0.05) is 37.9 Å². The highest BCUT2D eigenvalue weighted by Gasteiger charge is 2.36. The van der Waals surface area contributed by atoms with Gasteiger partial charge in [0.25, 0.3) is 10.0 Å². The Hall–Kier alpha value is -0.630. The number of nitrogens with one attached hydrogen (secondary N) is 1. The number of hydrogen-bond acceptors (Lipinski definition) is 4. The largest absolute Gasteiger partial charge is 0.334 e. The van der Waals surface area contributed by atoms with Crippen LogP contribution in [0.5, 0.6) is 0 Å². The molecule has 0 spiro atoms. The van der Waals surface area contributed by atoms with Crippen molar-refractivity contribution in [3.05, 3.63) is 12.0 Å². The Kier molecular flexibility index (Phi) is 4.97. The molecule has 2 saturated heterocycles. The van der Waals surface area contributed by atoms with Crippen LogP contribution in [-0.2, 0) is 16.6 Å². The number of sulfonamides is 1. The van der Waals surface area contributed by atoms with E-state index in [-0.39, 0.29) is 17.4 Å². The van der Waals surface area contributed by atoms with E-state index in [0.29, 0.717) is 25.2 Å². The zero-order valence-corrected chi connectivity index (χ0v) is 14.1. The zero-order chi connectivity index (χ0) is 14.3. The Balaban J connectivity index is 0.00000161. The molecule has 21 heavy (non-hydrogen) atoms. The van der Waals surface area contributed by atoms with E-state index in [1.165, 1.54) is 6.42 Å². The Bertz CT molecular complexity index is 601. The molecule has 2 fully saturated rings. The van der Waals surface area contributed by atoms with Gasteiger partial charge in [0.15, 0.2) is 5.03 Å². The van der Waals surface area contributed by atoms with Crippen molar-refractivity contribution in [2.45, 2.75) is 56.8 Å². The maximum absolute atomic E-state index is 12.7. The van der Waals surface area contributed by atoms with E-state index >= 15 is 0 Å². The predicted molar refractivity (Wildman–Crippen MR) is 83.2 cm³/mol. The van der Waals surface area contributed by atoms with Crippen LogP contribution in [0.3, 0.4) is 0 Å². The molecule has 0 aromatic carbocycles. The van der Waals surface area contributed by atoms with Crippen molar-refractivity contribution in [2.75, 3.05) is 13.1 Å². The molecule has 0 amide bonds. The van der Waals surface area contributed by atoms with E-state index < -0.39 is 10.0 Å². The maximum Gasteiger partial charge on any atom is 0.262 e. The second kappa shape index (κ2) is 6.24. The molecule has 1 N–H and O–H groups in total. The van der Waals surface area contributed by atoms with Gasteiger partial charge in [-0.2, -0.15) is 4.31 Å². The molecular weight excluding hydrogens is 312 g/mol. The fourth-order valence-corrected chi connectivity index (χ4v) is 4.68. The van der Waals surface area contributed by atoms with E-state index in [4.69, 9.17) is 0 Å². The standard InChI is InChI=1S/C13H22N4O2S.ClH/c1-3-16-9-13(14-10(16)2)20(18,19)17-7-6-11-4-5-12(8-17)15-11;/h9,11-12,15H,3-8H2,1-2H3;1H. The topological polar surface area (TPSA) is 67.2 Å². The van der Waals surface area contributed by atoms with Crippen LogP contribution < -0.4 is 5.32 Å². The molecule has 2 aliphatic rings. The maximum atomic E-state index is 12.7. The van der Waals surface area contributed by atoms with Crippen molar-refractivity contribution in [1.29, 1.82) is 0 Å². The first kappa shape index (κ1) is 16.7. The summed E-state index contributed by atoms with van der Waals surface area (Å²) in [5.74, 6) is 0.751. The Morgan fingerprint density at radius 2 is 2.05 bits per heavy atom. The van der Waals surface area contributed by atoms with Crippen LogP contribution in [0, 0.1) is 6.92 Å². The third kappa shape index (κ3) is 3.11. The number of fused-ring (bicyclic) bond motifs is 2. The van der Waals surface area contributed by atoms with E-state index in [1.54, 1.807) is 10.5 Å². The van der Waals surface area contributed by atoms with Crippen molar-refractivity contribution in [3.8, 4) is 0 Å². The molecule has 2 atom stereocenters. The number of imidazole rings is 1. The average Bonchev–Trinajstić information content (AvgIpc) is 2.92. The average molecular weight is 335 g/mol. The summed E-state index contributed by atoms with van der Waals surface area (Å²) in [7, 11) is -3.46. The molecule has 6 nitrogen and oxygen atoms in total. The van der Waals surface area contributed by atoms with E-state index in [0.717, 1.165) is 25.2 Å². The van der Waals surface area contributed by atoms with Gasteiger partial charge in [-0.25, -0.2) is 13.4 Å². The molecule has 3 heterocycles. The normalized spacial score (nSPS) is 26.4. The quantitative estimate of drug-likeness (QED) is 0.900. The van der Waals surface area contributed by atoms with E-state index in [2.05, 4.69) is 10.3 Å². The minimum absolute atomic E-state index is 0. The van der Waals surface area contributed by atoms with E-state index in [1.807, 2.05) is 18.4 Å². The fraction of sp³-hybridized carbons (Fsp3) is 0.769. The molecular formula is C13H23ClN4O2S. The monoisotopic (exact) mass is 334 g/mol. The summed E-state index contributed by atoms with van der Waals surface area (Å²) in [5.41, 5.74) is 0. The van der Waals surface area contributed by atoms with Gasteiger partial charge < -0.3 is 9.88 Å². The second-order valence-corrected chi connectivity index (χ2v) is 7.59. The first-order valence-electron chi connectivity index (χ1n) is 7.30. The Morgan fingerprint density at radius 1 is 1.33 bits per heavy atom. The molecule has 1 aromatic rings. The summed E-state index contributed by atoms with van der Waals surface area (Å²) in [4.78, 5) is 4.23. The molecule has 1 aromatic heterocycles. The zero-order valence-electron chi connectivity index (χ0n) is 12.4. The lowest BCUT2D eigenvalue weighted by atomic mass is 10.1. The van der Waals surface area contributed by atoms with Crippen LogP contribution in [0.4, 0.5) is 0 Å². The SMILES string of the molecule is CCn1cc(S(=O)(=O)N2CCC3CCC(C2)N3)nc1C.Cl. The lowest BCUT2D eigenvalue weighted by molar-refractivity contribution is 0.382. The number of aromatic nitrogens is 2. The van der Waals surface area contributed by atoms with Crippen LogP contribution in [0.2, 0.25) is 0 Å². The molecule has 0 aliphatic carbocycles. The third-order valence-electron chi connectivity index (χ3n) is 4.38. The van der Waals surface area contributed by atoms with Gasteiger partial charge in [-0.3, -0.25) is 0 Å². The highest BCUT2D eigenvalue weighted by atomic mass is 35.5. The molecule has 8 heteroatoms. The van der Waals surface area contributed by atoms with Gasteiger partial charge in [0.2, 0.25) is 0 Å². The number of aryl methyl sites for hydroxylation is 2. The van der Waals surface area contributed by atoms with Crippen LogP contribution in [0.25, 0.3) is 0 Å². The van der Waals surface area contributed by atoms with Gasteiger partial charge in [0.1, 0.15) is 5.82 Å². The molecule has 2 aliphatic heterocycles. The van der Waals surface area contributed by atoms with Crippen LogP contribution in [0.1, 0.15) is 32.0 Å². The van der Waals surface area contributed by atoms with Crippen molar-refractivity contribution in [3.63, 3.8) is 0 Å². The minimum atomic E-state index is -3.46. The summed E-state index contributed by atoms with van der Waals surface area (Å²) < 4.78 is 28.9. The smallest absolute Gasteiger partial charge is 0.262 e. The molecule has 120 valence electrons. The lowest BCUT2D eigenvalue weighted by Gasteiger charge is -2.22. The predicted octanol–water partition coefficient (Wildman–Crippen LogP) is 1.15. The number of halogens is 1. The highest BCUT2D eigenvalue weighted by molar-refractivity contribution is 7.89. The molecule has 0 saturated carbocycles. The fourth-order valence-electron chi connectivity index (χ4n) is 3.19.